The Hall–Kier alpha value is -1.34. The zero-order chi connectivity index (χ0) is 25.2. The SMILES string of the molecule is CCCCC1(CCC)O[C@@H]2CC3[C@@H]4CCC5=CC(=O)C=C[C@]5(C)C4[C@@H](O)C[C@]3(C)[C@]2(C(=O)CO)O1. The van der Waals surface area contributed by atoms with Crippen LogP contribution in [0, 0.1) is 28.6 Å². The Labute approximate surface area is 209 Å². The van der Waals surface area contributed by atoms with E-state index in [1.807, 2.05) is 6.08 Å². The topological polar surface area (TPSA) is 93.1 Å². The molecule has 3 saturated carbocycles. The summed E-state index contributed by atoms with van der Waals surface area (Å²) in [5.41, 5.74) is -1.12. The van der Waals surface area contributed by atoms with Gasteiger partial charge in [-0.25, -0.2) is 0 Å². The van der Waals surface area contributed by atoms with Crippen molar-refractivity contribution in [2.75, 3.05) is 6.61 Å². The highest BCUT2D eigenvalue weighted by Crippen LogP contribution is 2.70. The van der Waals surface area contributed by atoms with Gasteiger partial charge in [0.15, 0.2) is 23.0 Å². The van der Waals surface area contributed by atoms with Gasteiger partial charge < -0.3 is 19.7 Å². The number of unbranched alkanes of at least 4 members (excludes halogenated alkanes) is 1. The molecule has 194 valence electrons. The highest BCUT2D eigenvalue weighted by atomic mass is 16.8. The molecule has 9 atom stereocenters. The van der Waals surface area contributed by atoms with E-state index in [0.717, 1.165) is 44.1 Å². The van der Waals surface area contributed by atoms with E-state index in [9.17, 15) is 19.8 Å². The summed E-state index contributed by atoms with van der Waals surface area (Å²) in [6, 6.07) is 0. The van der Waals surface area contributed by atoms with Crippen LogP contribution in [0.4, 0.5) is 0 Å². The van der Waals surface area contributed by atoms with E-state index in [4.69, 9.17) is 9.47 Å². The fourth-order valence-corrected chi connectivity index (χ4v) is 9.03. The van der Waals surface area contributed by atoms with E-state index < -0.39 is 35.6 Å². The third kappa shape index (κ3) is 3.36. The highest BCUT2D eigenvalue weighted by molar-refractivity contribution is 6.01. The minimum atomic E-state index is -1.24. The molecule has 1 saturated heterocycles. The number of ether oxygens (including phenoxy) is 2. The summed E-state index contributed by atoms with van der Waals surface area (Å²) < 4.78 is 13.6. The lowest BCUT2D eigenvalue weighted by Gasteiger charge is -2.60. The van der Waals surface area contributed by atoms with E-state index in [-0.39, 0.29) is 34.7 Å². The molecule has 0 aromatic carbocycles. The zero-order valence-corrected chi connectivity index (χ0v) is 21.7. The number of carbonyl (C=O) groups excluding carboxylic acids is 2. The molecule has 0 aromatic heterocycles. The zero-order valence-electron chi connectivity index (χ0n) is 21.7. The average molecular weight is 487 g/mol. The molecule has 0 bridgehead atoms. The summed E-state index contributed by atoms with van der Waals surface area (Å²) in [5, 5.41) is 21.9. The van der Waals surface area contributed by atoms with Crippen LogP contribution in [0.25, 0.3) is 0 Å². The number of carbonyl (C=O) groups is 2. The van der Waals surface area contributed by atoms with Crippen LogP contribution in [-0.4, -0.2) is 52.0 Å². The molecule has 1 aliphatic heterocycles. The van der Waals surface area contributed by atoms with Crippen molar-refractivity contribution in [2.24, 2.45) is 28.6 Å². The second-order valence-corrected chi connectivity index (χ2v) is 12.2. The van der Waals surface area contributed by atoms with E-state index >= 15 is 0 Å². The van der Waals surface area contributed by atoms with Gasteiger partial charge >= 0.3 is 0 Å². The van der Waals surface area contributed by atoms with E-state index in [0.29, 0.717) is 19.3 Å². The monoisotopic (exact) mass is 486 g/mol. The minimum Gasteiger partial charge on any atom is -0.393 e. The van der Waals surface area contributed by atoms with Crippen molar-refractivity contribution < 1.29 is 29.3 Å². The van der Waals surface area contributed by atoms with Crippen molar-refractivity contribution in [1.82, 2.24) is 0 Å². The predicted molar refractivity (Wildman–Crippen MR) is 131 cm³/mol. The Morgan fingerprint density at radius 2 is 1.97 bits per heavy atom. The van der Waals surface area contributed by atoms with Gasteiger partial charge in [-0.05, 0) is 56.1 Å². The molecular formula is C29H42O6. The second kappa shape index (κ2) is 8.61. The lowest BCUT2D eigenvalue weighted by atomic mass is 9.46. The predicted octanol–water partition coefficient (Wildman–Crippen LogP) is 4.28. The summed E-state index contributed by atoms with van der Waals surface area (Å²) >= 11 is 0. The van der Waals surface area contributed by atoms with Gasteiger partial charge in [0.05, 0.1) is 12.2 Å². The van der Waals surface area contributed by atoms with Crippen LogP contribution in [0.5, 0.6) is 0 Å². The first-order valence-corrected chi connectivity index (χ1v) is 13.7. The molecule has 4 fully saturated rings. The third-order valence-corrected chi connectivity index (χ3v) is 10.5. The van der Waals surface area contributed by atoms with E-state index in [2.05, 4.69) is 27.7 Å². The molecule has 5 rings (SSSR count). The first-order chi connectivity index (χ1) is 16.6. The number of allylic oxidation sites excluding steroid dienone is 4. The van der Waals surface area contributed by atoms with Gasteiger partial charge in [-0.15, -0.1) is 0 Å². The lowest BCUT2D eigenvalue weighted by molar-refractivity contribution is -0.244. The first-order valence-electron chi connectivity index (χ1n) is 13.7. The van der Waals surface area contributed by atoms with Crippen LogP contribution in [-0.2, 0) is 19.1 Å². The van der Waals surface area contributed by atoms with Crippen molar-refractivity contribution in [3.63, 3.8) is 0 Å². The van der Waals surface area contributed by atoms with Crippen LogP contribution >= 0.6 is 0 Å². The minimum absolute atomic E-state index is 0.0227. The fourth-order valence-electron chi connectivity index (χ4n) is 9.03. The molecule has 2 N–H and O–H groups in total. The second-order valence-electron chi connectivity index (χ2n) is 12.2. The van der Waals surface area contributed by atoms with Crippen LogP contribution in [0.3, 0.4) is 0 Å². The number of aliphatic hydroxyl groups excluding tert-OH is 2. The van der Waals surface area contributed by atoms with Crippen LogP contribution in [0.1, 0.15) is 85.5 Å². The molecular weight excluding hydrogens is 444 g/mol. The van der Waals surface area contributed by atoms with Crippen molar-refractivity contribution in [1.29, 1.82) is 0 Å². The fraction of sp³-hybridized carbons (Fsp3) is 0.793. The average Bonchev–Trinajstić information content (AvgIpc) is 3.26. The molecule has 0 amide bonds. The van der Waals surface area contributed by atoms with Gasteiger partial charge in [0.25, 0.3) is 0 Å². The number of rotatable bonds is 7. The number of hydrogen-bond donors (Lipinski definition) is 2. The number of ketones is 2. The van der Waals surface area contributed by atoms with Crippen molar-refractivity contribution in [3.05, 3.63) is 23.8 Å². The largest absolute Gasteiger partial charge is 0.393 e. The normalized spacial score (nSPS) is 48.1. The summed E-state index contributed by atoms with van der Waals surface area (Å²) in [6.07, 6.45) is 11.4. The van der Waals surface area contributed by atoms with Gasteiger partial charge in [0.2, 0.25) is 0 Å². The van der Waals surface area contributed by atoms with Gasteiger partial charge in [0, 0.05) is 29.6 Å². The first kappa shape index (κ1) is 25.3. The molecule has 6 heteroatoms. The number of hydrogen-bond acceptors (Lipinski definition) is 6. The summed E-state index contributed by atoms with van der Waals surface area (Å²) in [5.74, 6) is -0.802. The van der Waals surface area contributed by atoms with Crippen molar-refractivity contribution >= 4 is 11.6 Å². The van der Waals surface area contributed by atoms with Crippen LogP contribution in [0.2, 0.25) is 0 Å². The van der Waals surface area contributed by atoms with Crippen molar-refractivity contribution in [2.45, 2.75) is 109 Å². The van der Waals surface area contributed by atoms with Crippen LogP contribution in [0.15, 0.2) is 23.8 Å². The molecule has 1 heterocycles. The molecule has 0 radical (unpaired) electrons. The molecule has 4 aliphatic carbocycles. The molecule has 0 aromatic rings. The summed E-state index contributed by atoms with van der Waals surface area (Å²) in [4.78, 5) is 25.7. The Morgan fingerprint density at radius 1 is 1.20 bits per heavy atom. The summed E-state index contributed by atoms with van der Waals surface area (Å²) in [6.45, 7) is 7.91. The Balaban J connectivity index is 1.55. The molecule has 35 heavy (non-hydrogen) atoms. The Morgan fingerprint density at radius 3 is 2.66 bits per heavy atom. The number of aliphatic hydroxyl groups is 2. The van der Waals surface area contributed by atoms with Gasteiger partial charge in [-0.3, -0.25) is 9.59 Å². The summed E-state index contributed by atoms with van der Waals surface area (Å²) in [7, 11) is 0. The Kier molecular flexibility index (Phi) is 6.23. The lowest BCUT2D eigenvalue weighted by Crippen LogP contribution is -2.64. The molecule has 3 unspecified atom stereocenters. The molecule has 5 aliphatic rings. The van der Waals surface area contributed by atoms with Crippen molar-refractivity contribution in [3.8, 4) is 0 Å². The maximum absolute atomic E-state index is 13.6. The maximum atomic E-state index is 13.6. The van der Waals surface area contributed by atoms with Gasteiger partial charge in [-0.2, -0.15) is 0 Å². The molecule has 0 spiro atoms. The molecule has 6 nitrogen and oxygen atoms in total. The maximum Gasteiger partial charge on any atom is 0.193 e. The quantitative estimate of drug-likeness (QED) is 0.558. The number of Topliss-reactive ketones (excluding diaryl/α,β-unsaturated/α-hetero) is 1. The highest BCUT2D eigenvalue weighted by Gasteiger charge is 2.77. The van der Waals surface area contributed by atoms with Gasteiger partial charge in [0.1, 0.15) is 6.61 Å². The van der Waals surface area contributed by atoms with E-state index in [1.165, 1.54) is 0 Å². The van der Waals surface area contributed by atoms with Crippen LogP contribution < -0.4 is 0 Å². The standard InChI is InChI=1S/C29H42O6/c1-5-7-12-28(11-6-2)34-24-15-21-20-9-8-18-14-19(31)10-13-26(18,3)25(20)22(32)16-27(21,4)29(24,35-28)23(33)17-30/h10,13-14,20-22,24-25,30,32H,5-9,11-12,15-17H2,1-4H3/t20-,21?,22-,24+,25?,26-,27-,28?,29+/m0/s1. The number of fused-ring (bicyclic) bond motifs is 7. The Bertz CT molecular complexity index is 955. The van der Waals surface area contributed by atoms with Gasteiger partial charge in [-0.1, -0.05) is 52.2 Å². The third-order valence-electron chi connectivity index (χ3n) is 10.5. The van der Waals surface area contributed by atoms with E-state index in [1.54, 1.807) is 12.2 Å². The smallest absolute Gasteiger partial charge is 0.193 e.